The molecule has 27 heteroatoms. The maximum atomic E-state index is 14.5. The van der Waals surface area contributed by atoms with Crippen LogP contribution in [-0.4, -0.2) is 208 Å². The van der Waals surface area contributed by atoms with Crippen molar-refractivity contribution in [1.82, 2.24) is 29.6 Å². The molecular formula is C68H83ClF3N9O11S3. The molecule has 0 spiro atoms. The number of piperidine rings is 1. The van der Waals surface area contributed by atoms with Gasteiger partial charge in [-0.25, -0.2) is 21.6 Å². The van der Waals surface area contributed by atoms with Crippen molar-refractivity contribution in [2.75, 3.05) is 146 Å². The van der Waals surface area contributed by atoms with Crippen LogP contribution in [0.4, 0.5) is 30.2 Å². The number of fused-ring (bicyclic) bond motifs is 1. The Labute approximate surface area is 563 Å². The van der Waals surface area contributed by atoms with E-state index < -0.39 is 70.7 Å². The summed E-state index contributed by atoms with van der Waals surface area (Å²) in [6, 6.07) is 29.8. The molecule has 0 aromatic heterocycles. The number of thioether (sulfide) groups is 1. The third-order valence-corrected chi connectivity index (χ3v) is 22.2. The zero-order chi connectivity index (χ0) is 67.3. The standard InChI is InChI=1S/C68H83ClF3N9O11S3/c1-67(2)25-23-56(48-13-17-51(69)18-14-48)50(45-67)46-79-33-35-80(36-34-79)53-19-15-49(16-20-53)63(82)76-95(88,89)55-21-22-58(61(44-55)94(86,87)68(70,71)72)75-52(47-93-54-8-4-3-5-9-54)24-28-77-29-31-78(32-30-77)37-39-91-41-43-92-42-40-90-38-27-73-59-11-6-10-57-62(59)66(85)81(65(57)84)60-12-7-26-74-64(60)83/h3-6,8-11,13-22,44,52,60,73,75H,7,12,23-43,45-47H2,1-2H3,(H,74,83)(H,76,82)/t52-,60?/m1/s1. The molecule has 3 saturated heterocycles. The highest BCUT2D eigenvalue weighted by atomic mass is 35.5. The van der Waals surface area contributed by atoms with Gasteiger partial charge in [0.25, 0.3) is 37.6 Å². The molecule has 4 N–H and O–H groups in total. The minimum absolute atomic E-state index is 0.0217. The quantitative estimate of drug-likeness (QED) is 0.0191. The summed E-state index contributed by atoms with van der Waals surface area (Å²) >= 11 is 7.65. The number of hydrogen-bond acceptors (Lipinski definition) is 18. The van der Waals surface area contributed by atoms with Gasteiger partial charge in [0, 0.05) is 124 Å². The first-order chi connectivity index (χ1) is 45.5. The molecular weight excluding hydrogens is 1310 g/mol. The van der Waals surface area contributed by atoms with Crippen LogP contribution < -0.4 is 25.6 Å². The number of imide groups is 1. The van der Waals surface area contributed by atoms with Gasteiger partial charge in [-0.15, -0.1) is 11.8 Å². The molecule has 20 nitrogen and oxygen atoms in total. The molecule has 3 fully saturated rings. The summed E-state index contributed by atoms with van der Waals surface area (Å²) in [5.74, 6) is -2.00. The van der Waals surface area contributed by atoms with E-state index in [2.05, 4.69) is 61.5 Å². The first kappa shape index (κ1) is 71.2. The summed E-state index contributed by atoms with van der Waals surface area (Å²) in [6.07, 6.45) is 4.61. The summed E-state index contributed by atoms with van der Waals surface area (Å²) in [6.45, 7) is 15.7. The van der Waals surface area contributed by atoms with Crippen LogP contribution in [0.15, 0.2) is 136 Å². The second-order valence-corrected chi connectivity index (χ2v) is 30.3. The molecule has 512 valence electrons. The van der Waals surface area contributed by atoms with Crippen LogP contribution in [0.25, 0.3) is 5.57 Å². The number of sulfonamides is 1. The number of carbonyl (C=O) groups excluding carboxylic acids is 4. The zero-order valence-electron chi connectivity index (χ0n) is 53.5. The zero-order valence-corrected chi connectivity index (χ0v) is 56.7. The summed E-state index contributed by atoms with van der Waals surface area (Å²) in [4.78, 5) is 61.5. The van der Waals surface area contributed by atoms with Gasteiger partial charge in [-0.3, -0.25) is 33.9 Å². The van der Waals surface area contributed by atoms with Crippen LogP contribution in [0.5, 0.6) is 0 Å². The highest BCUT2D eigenvalue weighted by Gasteiger charge is 2.49. The van der Waals surface area contributed by atoms with Crippen molar-refractivity contribution >= 4 is 89.5 Å². The van der Waals surface area contributed by atoms with E-state index in [1.807, 2.05) is 47.2 Å². The highest BCUT2D eigenvalue weighted by Crippen LogP contribution is 2.43. The number of nitrogens with zero attached hydrogens (tertiary/aromatic N) is 5. The third kappa shape index (κ3) is 18.5. The number of sulfone groups is 1. The molecule has 4 heterocycles. The second kappa shape index (κ2) is 32.2. The average molecular weight is 1390 g/mol. The van der Waals surface area contributed by atoms with Crippen molar-refractivity contribution in [1.29, 1.82) is 0 Å². The Kier molecular flexibility index (Phi) is 24.1. The number of benzene rings is 5. The van der Waals surface area contributed by atoms with Crippen LogP contribution in [0.2, 0.25) is 5.02 Å². The van der Waals surface area contributed by atoms with Gasteiger partial charge in [0.15, 0.2) is 0 Å². The normalized spacial score (nSPS) is 18.8. The van der Waals surface area contributed by atoms with Crippen molar-refractivity contribution in [3.63, 3.8) is 0 Å². The van der Waals surface area contributed by atoms with Gasteiger partial charge >= 0.3 is 5.51 Å². The Bertz CT molecular complexity index is 3760. The summed E-state index contributed by atoms with van der Waals surface area (Å²) in [5.41, 5.74) is -0.163. The number of ether oxygens (including phenoxy) is 3. The molecule has 10 rings (SSSR count). The van der Waals surface area contributed by atoms with Crippen molar-refractivity contribution in [3.05, 3.63) is 148 Å². The van der Waals surface area contributed by atoms with Crippen molar-refractivity contribution in [2.45, 2.75) is 84.7 Å². The lowest BCUT2D eigenvalue weighted by Gasteiger charge is -2.39. The Morgan fingerprint density at radius 1 is 0.747 bits per heavy atom. The molecule has 2 atom stereocenters. The van der Waals surface area contributed by atoms with Crippen LogP contribution in [0.3, 0.4) is 0 Å². The molecule has 5 aromatic rings. The molecule has 0 saturated carbocycles. The lowest BCUT2D eigenvalue weighted by atomic mass is 9.73. The monoisotopic (exact) mass is 1390 g/mol. The number of allylic oxidation sites excluding steroid dienone is 1. The van der Waals surface area contributed by atoms with Crippen molar-refractivity contribution in [2.24, 2.45) is 5.41 Å². The predicted octanol–water partition coefficient (Wildman–Crippen LogP) is 9.16. The molecule has 0 radical (unpaired) electrons. The van der Waals surface area contributed by atoms with E-state index >= 15 is 0 Å². The third-order valence-electron chi connectivity index (χ3n) is 17.9. The minimum Gasteiger partial charge on any atom is -0.382 e. The molecule has 1 unspecified atom stereocenters. The van der Waals surface area contributed by atoms with Crippen molar-refractivity contribution in [3.8, 4) is 0 Å². The van der Waals surface area contributed by atoms with E-state index in [-0.39, 0.29) is 28.0 Å². The number of halogens is 4. The molecule has 95 heavy (non-hydrogen) atoms. The van der Waals surface area contributed by atoms with Crippen LogP contribution >= 0.6 is 23.4 Å². The first-order valence-corrected chi connectivity index (χ1v) is 36.6. The van der Waals surface area contributed by atoms with E-state index in [0.29, 0.717) is 121 Å². The van der Waals surface area contributed by atoms with E-state index in [9.17, 15) is 49.2 Å². The average Bonchev–Trinajstić information content (AvgIpc) is 1.56. The van der Waals surface area contributed by atoms with E-state index in [0.717, 1.165) is 92.7 Å². The fourth-order valence-electron chi connectivity index (χ4n) is 12.6. The van der Waals surface area contributed by atoms with Crippen LogP contribution in [0, 0.1) is 5.41 Å². The van der Waals surface area contributed by atoms with Crippen LogP contribution in [-0.2, 0) is 38.9 Å². The summed E-state index contributed by atoms with van der Waals surface area (Å²) in [5, 5.41) is 9.67. The van der Waals surface area contributed by atoms with Crippen LogP contribution in [0.1, 0.15) is 89.0 Å². The number of piperazine rings is 2. The lowest BCUT2D eigenvalue weighted by molar-refractivity contribution is -0.126. The fraction of sp³-hybridized carbons (Fsp3) is 0.471. The minimum atomic E-state index is -6.13. The Morgan fingerprint density at radius 3 is 2.09 bits per heavy atom. The number of hydrogen-bond donors (Lipinski definition) is 4. The number of rotatable bonds is 30. The molecule has 0 bridgehead atoms. The van der Waals surface area contributed by atoms with Gasteiger partial charge in [0.05, 0.1) is 61.4 Å². The number of amides is 4. The van der Waals surface area contributed by atoms with Crippen molar-refractivity contribution < 1.29 is 63.4 Å². The van der Waals surface area contributed by atoms with Gasteiger partial charge in [0.2, 0.25) is 5.91 Å². The molecule has 4 amide bonds. The molecule has 4 aliphatic heterocycles. The topological polar surface area (TPSA) is 229 Å². The Morgan fingerprint density at radius 2 is 1.41 bits per heavy atom. The maximum Gasteiger partial charge on any atom is 0.501 e. The molecule has 1 aliphatic carbocycles. The molecule has 5 aromatic carbocycles. The van der Waals surface area contributed by atoms with E-state index in [1.165, 1.54) is 40.6 Å². The number of carbonyl (C=O) groups is 4. The Hall–Kier alpha value is -6.59. The smallest absolute Gasteiger partial charge is 0.382 e. The number of anilines is 3. The fourth-order valence-corrected chi connectivity index (χ4v) is 15.8. The van der Waals surface area contributed by atoms with Gasteiger partial charge in [0.1, 0.15) is 10.9 Å². The Balaban J connectivity index is 0.661. The van der Waals surface area contributed by atoms with Gasteiger partial charge in [-0.05, 0) is 134 Å². The number of alkyl halides is 3. The largest absolute Gasteiger partial charge is 0.501 e. The lowest BCUT2D eigenvalue weighted by Crippen LogP contribution is -2.52. The predicted molar refractivity (Wildman–Crippen MR) is 361 cm³/mol. The highest BCUT2D eigenvalue weighted by molar-refractivity contribution is 7.99. The summed E-state index contributed by atoms with van der Waals surface area (Å²) in [7, 11) is -11.0. The maximum absolute atomic E-state index is 14.5. The second-order valence-electron chi connectivity index (χ2n) is 25.1. The number of nitrogens with one attached hydrogen (secondary N) is 4. The van der Waals surface area contributed by atoms with E-state index in [4.69, 9.17) is 25.8 Å². The first-order valence-electron chi connectivity index (χ1n) is 32.3. The van der Waals surface area contributed by atoms with Gasteiger partial charge in [-0.1, -0.05) is 67.4 Å². The summed E-state index contributed by atoms with van der Waals surface area (Å²) < 4.78 is 117. The molecule has 5 aliphatic rings. The van der Waals surface area contributed by atoms with Gasteiger partial charge in [-0.2, -0.15) is 13.2 Å². The van der Waals surface area contributed by atoms with Gasteiger partial charge < -0.3 is 40.0 Å². The van der Waals surface area contributed by atoms with E-state index in [1.54, 1.807) is 30.3 Å². The SMILES string of the molecule is CC1(C)CCC(c2ccc(Cl)cc2)=C(CN2CCN(c3ccc(C(=O)NS(=O)(=O)c4ccc(N[C@H](CCN5CCN(CCOCCOCCOCCNc6cccc7c6C(=O)N(C6CCCNC6=O)C7=O)CC5)CSc5ccccc5)c(S(=O)(=O)C(F)(F)F)c4)cc3)CC2)C1.